The van der Waals surface area contributed by atoms with E-state index in [1.165, 1.54) is 5.06 Å². The zero-order chi connectivity index (χ0) is 13.8. The highest BCUT2D eigenvalue weighted by Crippen LogP contribution is 2.37. The average Bonchev–Trinajstić information content (AvgIpc) is 2.44. The Morgan fingerprint density at radius 3 is 3.00 bits per heavy atom. The molecule has 104 valence electrons. The Balaban J connectivity index is 2.47. The van der Waals surface area contributed by atoms with Crippen LogP contribution in [0.15, 0.2) is 6.08 Å². The first-order chi connectivity index (χ1) is 9.19. The van der Waals surface area contributed by atoms with Crippen LogP contribution in [0.2, 0.25) is 0 Å². The molecule has 0 amide bonds. The van der Waals surface area contributed by atoms with Gasteiger partial charge in [-0.3, -0.25) is 10.7 Å². The Bertz CT molecular complexity index is 492. The Morgan fingerprint density at radius 2 is 2.32 bits per heavy atom. The summed E-state index contributed by atoms with van der Waals surface area (Å²) >= 11 is 0. The van der Waals surface area contributed by atoms with Crippen molar-refractivity contribution in [3.63, 3.8) is 0 Å². The fourth-order valence-electron chi connectivity index (χ4n) is 1.99. The van der Waals surface area contributed by atoms with Crippen LogP contribution in [0.5, 0.6) is 0 Å². The largest absolute Gasteiger partial charge is 0.394 e. The number of nitrogens with two attached hydrogens (primary N) is 1. The molecule has 8 nitrogen and oxygen atoms in total. The Morgan fingerprint density at radius 1 is 1.53 bits per heavy atom. The van der Waals surface area contributed by atoms with Gasteiger partial charge in [-0.15, -0.1) is 4.99 Å². The highest BCUT2D eigenvalue weighted by molar-refractivity contribution is 5.86. The summed E-state index contributed by atoms with van der Waals surface area (Å²) in [5, 5.41) is 10.5. The molecule has 1 aliphatic rings. The van der Waals surface area contributed by atoms with Crippen LogP contribution in [0.25, 0.3) is 6.08 Å². The monoisotopic (exact) mass is 267 g/mol. The van der Waals surface area contributed by atoms with Gasteiger partial charge in [0.1, 0.15) is 11.4 Å². The van der Waals surface area contributed by atoms with Crippen LogP contribution in [0.1, 0.15) is 17.7 Å². The maximum absolute atomic E-state index is 9.09. The van der Waals surface area contributed by atoms with Gasteiger partial charge in [0.25, 0.3) is 0 Å². The molecular formula is C11H17N5O3. The molecule has 0 aromatic carbocycles. The zero-order valence-electron chi connectivity index (χ0n) is 10.8. The van der Waals surface area contributed by atoms with Gasteiger partial charge < -0.3 is 5.73 Å². The summed E-state index contributed by atoms with van der Waals surface area (Å²) in [5.74, 6) is 0.198. The van der Waals surface area contributed by atoms with Gasteiger partial charge in [0, 0.05) is 19.7 Å². The normalized spacial score (nSPS) is 13.2. The van der Waals surface area contributed by atoms with E-state index in [2.05, 4.69) is 15.5 Å². The number of aromatic nitrogens is 1. The summed E-state index contributed by atoms with van der Waals surface area (Å²) in [6.45, 7) is 0. The number of hydroxylamine groups is 2. The van der Waals surface area contributed by atoms with Gasteiger partial charge in [-0.1, -0.05) is 17.1 Å². The van der Waals surface area contributed by atoms with Gasteiger partial charge in [0.15, 0.2) is 5.82 Å². The van der Waals surface area contributed by atoms with Crippen LogP contribution in [0.4, 0.5) is 17.2 Å². The second kappa shape index (κ2) is 5.85. The number of nitrogens with one attached hydrogen (secondary N) is 2. The third kappa shape index (κ3) is 2.61. The van der Waals surface area contributed by atoms with E-state index < -0.39 is 0 Å². The fraction of sp³-hybridized carbons (Fsp3) is 0.364. The maximum atomic E-state index is 9.09. The van der Waals surface area contributed by atoms with Crippen molar-refractivity contribution in [1.29, 1.82) is 0 Å². The molecule has 0 bridgehead atoms. The third-order valence-corrected chi connectivity index (χ3v) is 2.81. The Labute approximate surface area is 110 Å². The van der Waals surface area contributed by atoms with Crippen LogP contribution >= 0.6 is 0 Å². The first-order valence-corrected chi connectivity index (χ1v) is 5.82. The minimum atomic E-state index is 0.198. The number of anilines is 3. The van der Waals surface area contributed by atoms with Crippen molar-refractivity contribution in [3.05, 3.63) is 17.3 Å². The molecule has 0 aliphatic heterocycles. The molecule has 2 rings (SSSR count). The highest BCUT2D eigenvalue weighted by Gasteiger charge is 2.21. The fourth-order valence-corrected chi connectivity index (χ4v) is 1.99. The molecule has 0 saturated heterocycles. The van der Waals surface area contributed by atoms with E-state index in [0.29, 0.717) is 5.69 Å². The SMILES string of the molecule is CNOON(C)c1c(N)c(NO)nc2c1C=CCC2. The number of allylic oxidation sites excluding steroid dienone is 1. The van der Waals surface area contributed by atoms with E-state index >= 15 is 0 Å². The number of aryl methyl sites for hydroxylation is 1. The molecule has 5 N–H and O–H groups in total. The van der Waals surface area contributed by atoms with E-state index in [9.17, 15) is 0 Å². The number of fused-ring (bicyclic) bond motifs is 1. The summed E-state index contributed by atoms with van der Waals surface area (Å²) in [6.07, 6.45) is 5.63. The van der Waals surface area contributed by atoms with Gasteiger partial charge in [0.2, 0.25) is 0 Å². The van der Waals surface area contributed by atoms with Crippen molar-refractivity contribution < 1.29 is 15.2 Å². The smallest absolute Gasteiger partial charge is 0.175 e. The Hall–Kier alpha value is -1.87. The zero-order valence-corrected chi connectivity index (χ0v) is 10.8. The molecule has 0 radical (unpaired) electrons. The lowest BCUT2D eigenvalue weighted by atomic mass is 10.00. The lowest BCUT2D eigenvalue weighted by molar-refractivity contribution is -0.337. The van der Waals surface area contributed by atoms with Crippen molar-refractivity contribution in [2.24, 2.45) is 0 Å². The van der Waals surface area contributed by atoms with Gasteiger partial charge in [-0.25, -0.2) is 10.0 Å². The molecule has 0 spiro atoms. The molecule has 0 unspecified atom stereocenters. The summed E-state index contributed by atoms with van der Waals surface area (Å²) in [5.41, 5.74) is 12.9. The minimum Gasteiger partial charge on any atom is -0.394 e. The molecule has 1 heterocycles. The minimum absolute atomic E-state index is 0.198. The van der Waals surface area contributed by atoms with Crippen LogP contribution < -0.4 is 21.8 Å². The molecule has 0 atom stereocenters. The van der Waals surface area contributed by atoms with Crippen molar-refractivity contribution in [2.75, 3.05) is 30.4 Å². The molecule has 1 aliphatic carbocycles. The van der Waals surface area contributed by atoms with E-state index in [1.54, 1.807) is 14.1 Å². The quantitative estimate of drug-likeness (QED) is 0.460. The first-order valence-electron chi connectivity index (χ1n) is 5.82. The number of nitrogen functional groups attached to an aromatic ring is 1. The maximum Gasteiger partial charge on any atom is 0.175 e. The average molecular weight is 267 g/mol. The molecule has 0 saturated carbocycles. The van der Waals surface area contributed by atoms with E-state index in [4.69, 9.17) is 15.9 Å². The lowest BCUT2D eigenvalue weighted by Gasteiger charge is -2.24. The summed E-state index contributed by atoms with van der Waals surface area (Å²) in [7, 11) is 3.22. The van der Waals surface area contributed by atoms with E-state index in [1.807, 2.05) is 17.6 Å². The second-order valence-corrected chi connectivity index (χ2v) is 4.00. The third-order valence-electron chi connectivity index (χ3n) is 2.81. The Kier molecular flexibility index (Phi) is 4.17. The van der Waals surface area contributed by atoms with Gasteiger partial charge in [0.05, 0.1) is 5.69 Å². The predicted molar refractivity (Wildman–Crippen MR) is 71.0 cm³/mol. The molecule has 1 aromatic rings. The van der Waals surface area contributed by atoms with Crippen LogP contribution in [-0.2, 0) is 16.4 Å². The number of hydrogen-bond donors (Lipinski definition) is 4. The topological polar surface area (TPSA) is 105 Å². The molecule has 0 fully saturated rings. The number of nitrogens with zero attached hydrogens (tertiary/aromatic N) is 2. The van der Waals surface area contributed by atoms with Gasteiger partial charge in [-0.05, 0) is 12.8 Å². The summed E-state index contributed by atoms with van der Waals surface area (Å²) in [6, 6.07) is 0. The standard InChI is InChI=1S/C11H17N5O3/c1-13-18-19-16(2)10-7-5-3-4-6-8(7)14-11(15-17)9(10)12/h3,5,13,17H,4,6,12H2,1-2H3,(H,14,15). The van der Waals surface area contributed by atoms with Gasteiger partial charge in [-0.2, -0.15) is 5.48 Å². The van der Waals surface area contributed by atoms with Crippen molar-refractivity contribution in [3.8, 4) is 0 Å². The predicted octanol–water partition coefficient (Wildman–Crippen LogP) is 0.858. The number of rotatable bonds is 5. The van der Waals surface area contributed by atoms with Crippen LogP contribution in [0.3, 0.4) is 0 Å². The van der Waals surface area contributed by atoms with Crippen molar-refractivity contribution >= 4 is 23.3 Å². The van der Waals surface area contributed by atoms with Crippen LogP contribution in [0, 0.1) is 0 Å². The van der Waals surface area contributed by atoms with Crippen LogP contribution in [-0.4, -0.2) is 24.3 Å². The summed E-state index contributed by atoms with van der Waals surface area (Å²) < 4.78 is 0. The van der Waals surface area contributed by atoms with E-state index in [0.717, 1.165) is 24.1 Å². The molecule has 1 aromatic heterocycles. The number of hydrogen-bond acceptors (Lipinski definition) is 8. The first kappa shape index (κ1) is 13.6. The van der Waals surface area contributed by atoms with Crippen molar-refractivity contribution in [1.82, 2.24) is 10.5 Å². The molecular weight excluding hydrogens is 250 g/mol. The summed E-state index contributed by atoms with van der Waals surface area (Å²) in [4.78, 5) is 13.9. The van der Waals surface area contributed by atoms with Crippen molar-refractivity contribution in [2.45, 2.75) is 12.8 Å². The van der Waals surface area contributed by atoms with E-state index in [-0.39, 0.29) is 11.5 Å². The van der Waals surface area contributed by atoms with Gasteiger partial charge >= 0.3 is 0 Å². The highest BCUT2D eigenvalue weighted by atomic mass is 17.3. The lowest BCUT2D eigenvalue weighted by Crippen LogP contribution is -2.25. The second-order valence-electron chi connectivity index (χ2n) is 4.00. The molecule has 19 heavy (non-hydrogen) atoms. The molecule has 8 heteroatoms. The number of pyridine rings is 1.